The quantitative estimate of drug-likeness (QED) is 0.469. The van der Waals surface area contributed by atoms with Crippen molar-refractivity contribution in [2.45, 2.75) is 30.4 Å². The average molecular weight is 403 g/mol. The number of sulfone groups is 1. The number of hydrogen-bond acceptors (Lipinski definition) is 4. The Bertz CT molecular complexity index is 1240. The smallest absolute Gasteiger partial charge is 0.184 e. The van der Waals surface area contributed by atoms with Crippen LogP contribution in [0.4, 0.5) is 0 Å². The Kier molecular flexibility index (Phi) is 5.41. The molecule has 0 unspecified atom stereocenters. The molecule has 0 aliphatic heterocycles. The van der Waals surface area contributed by atoms with Crippen molar-refractivity contribution in [3.8, 4) is 0 Å². The van der Waals surface area contributed by atoms with Gasteiger partial charge in [-0.2, -0.15) is 0 Å². The van der Waals surface area contributed by atoms with Crippen molar-refractivity contribution in [2.75, 3.05) is 0 Å². The number of aromatic nitrogens is 2. The van der Waals surface area contributed by atoms with Gasteiger partial charge in [-0.05, 0) is 49.6 Å². The number of hydrogen-bond donors (Lipinski definition) is 0. The molecule has 29 heavy (non-hydrogen) atoms. The van der Waals surface area contributed by atoms with Crippen molar-refractivity contribution in [1.29, 1.82) is 0 Å². The van der Waals surface area contributed by atoms with Crippen molar-refractivity contribution >= 4 is 20.9 Å². The monoisotopic (exact) mass is 402 g/mol. The third-order valence-electron chi connectivity index (χ3n) is 4.93. The van der Waals surface area contributed by atoms with Gasteiger partial charge in [0.25, 0.3) is 0 Å². The van der Waals surface area contributed by atoms with Crippen LogP contribution in [0.5, 0.6) is 0 Å². The summed E-state index contributed by atoms with van der Waals surface area (Å²) in [6.45, 7) is 1.94. The molecule has 0 radical (unpaired) electrons. The zero-order valence-corrected chi connectivity index (χ0v) is 17.1. The Morgan fingerprint density at radius 1 is 0.690 bits per heavy atom. The van der Waals surface area contributed by atoms with E-state index in [9.17, 15) is 8.42 Å². The number of aryl methyl sites for hydroxylation is 3. The minimum Gasteiger partial charge on any atom is -0.249 e. The topological polar surface area (TPSA) is 59.9 Å². The molecule has 4 aromatic rings. The van der Waals surface area contributed by atoms with Gasteiger partial charge in [0.2, 0.25) is 0 Å². The number of benzene rings is 3. The van der Waals surface area contributed by atoms with Crippen LogP contribution >= 0.6 is 0 Å². The minimum atomic E-state index is -3.51. The van der Waals surface area contributed by atoms with Crippen LogP contribution in [-0.2, 0) is 28.4 Å². The van der Waals surface area contributed by atoms with E-state index in [0.717, 1.165) is 23.2 Å². The molecule has 0 spiro atoms. The molecule has 0 fully saturated rings. The lowest BCUT2D eigenvalue weighted by Crippen LogP contribution is -2.11. The molecule has 0 saturated heterocycles. The van der Waals surface area contributed by atoms with Gasteiger partial charge in [0.15, 0.2) is 9.84 Å². The first-order valence-electron chi connectivity index (χ1n) is 9.59. The van der Waals surface area contributed by atoms with Gasteiger partial charge >= 0.3 is 0 Å². The van der Waals surface area contributed by atoms with Gasteiger partial charge in [0.05, 0.1) is 33.1 Å². The molecule has 1 aromatic heterocycles. The lowest BCUT2D eigenvalue weighted by Gasteiger charge is -2.11. The second-order valence-electron chi connectivity index (χ2n) is 7.16. The molecular weight excluding hydrogens is 380 g/mol. The molecule has 0 atom stereocenters. The molecule has 0 bridgehead atoms. The second-order valence-corrected chi connectivity index (χ2v) is 9.15. The predicted octanol–water partition coefficient (Wildman–Crippen LogP) is 4.70. The number of nitrogens with zero attached hydrogens (tertiary/aromatic N) is 2. The maximum absolute atomic E-state index is 13.0. The summed E-state index contributed by atoms with van der Waals surface area (Å²) in [6, 6.07) is 24.6. The standard InChI is InChI=1S/C24H22N2O2S/c1-18-11-14-20(15-12-18)29(27,28)17-24-23(16-13-19-7-3-2-4-8-19)25-21-9-5-6-10-22(21)26-24/h2-12,14-15H,13,16-17H2,1H3. The SMILES string of the molecule is Cc1ccc(S(=O)(=O)Cc2nc3ccccc3nc2CCc2ccccc2)cc1. The van der Waals surface area contributed by atoms with E-state index >= 15 is 0 Å². The fourth-order valence-electron chi connectivity index (χ4n) is 3.31. The molecule has 146 valence electrons. The van der Waals surface area contributed by atoms with Crippen molar-refractivity contribution in [3.05, 3.63) is 101 Å². The molecule has 0 aliphatic carbocycles. The van der Waals surface area contributed by atoms with E-state index in [1.54, 1.807) is 12.1 Å². The summed E-state index contributed by atoms with van der Waals surface area (Å²) in [5.74, 6) is -0.155. The first-order chi connectivity index (χ1) is 14.0. The Morgan fingerprint density at radius 3 is 1.93 bits per heavy atom. The summed E-state index contributed by atoms with van der Waals surface area (Å²) in [4.78, 5) is 9.74. The third-order valence-corrected chi connectivity index (χ3v) is 6.57. The van der Waals surface area contributed by atoms with Gasteiger partial charge in [-0.1, -0.05) is 60.2 Å². The molecule has 4 nitrogen and oxygen atoms in total. The van der Waals surface area contributed by atoms with Crippen LogP contribution in [-0.4, -0.2) is 18.4 Å². The van der Waals surface area contributed by atoms with Crippen molar-refractivity contribution < 1.29 is 8.42 Å². The highest BCUT2D eigenvalue weighted by Crippen LogP contribution is 2.21. The molecular formula is C24H22N2O2S. The van der Waals surface area contributed by atoms with E-state index in [1.165, 1.54) is 5.56 Å². The largest absolute Gasteiger partial charge is 0.249 e. The number of para-hydroxylation sites is 2. The van der Waals surface area contributed by atoms with Crippen LogP contribution in [0, 0.1) is 6.92 Å². The highest BCUT2D eigenvalue weighted by molar-refractivity contribution is 7.90. The third kappa shape index (κ3) is 4.51. The number of fused-ring (bicyclic) bond motifs is 1. The zero-order chi connectivity index (χ0) is 20.3. The van der Waals surface area contributed by atoms with Gasteiger partial charge in [-0.15, -0.1) is 0 Å². The van der Waals surface area contributed by atoms with Crippen molar-refractivity contribution in [2.24, 2.45) is 0 Å². The lowest BCUT2D eigenvalue weighted by atomic mass is 10.1. The van der Waals surface area contributed by atoms with Crippen LogP contribution < -0.4 is 0 Å². The van der Waals surface area contributed by atoms with Crippen molar-refractivity contribution in [3.63, 3.8) is 0 Å². The van der Waals surface area contributed by atoms with Crippen LogP contribution in [0.25, 0.3) is 11.0 Å². The van der Waals surface area contributed by atoms with Crippen LogP contribution in [0.3, 0.4) is 0 Å². The Labute approximate surface area is 171 Å². The molecule has 5 heteroatoms. The number of rotatable bonds is 6. The van der Waals surface area contributed by atoms with Gasteiger partial charge in [-0.25, -0.2) is 18.4 Å². The van der Waals surface area contributed by atoms with E-state index in [1.807, 2.05) is 61.5 Å². The fraction of sp³-hybridized carbons (Fsp3) is 0.167. The second kappa shape index (κ2) is 8.13. The first kappa shape index (κ1) is 19.3. The summed E-state index contributed by atoms with van der Waals surface area (Å²) < 4.78 is 26.0. The summed E-state index contributed by atoms with van der Waals surface area (Å²) >= 11 is 0. The molecule has 0 N–H and O–H groups in total. The van der Waals surface area contributed by atoms with E-state index in [0.29, 0.717) is 22.5 Å². The first-order valence-corrected chi connectivity index (χ1v) is 11.2. The molecule has 0 aliphatic rings. The van der Waals surface area contributed by atoms with E-state index in [-0.39, 0.29) is 5.75 Å². The normalized spacial score (nSPS) is 11.6. The van der Waals surface area contributed by atoms with Crippen LogP contribution in [0.1, 0.15) is 22.5 Å². The van der Waals surface area contributed by atoms with Crippen molar-refractivity contribution in [1.82, 2.24) is 9.97 Å². The van der Waals surface area contributed by atoms with E-state index in [4.69, 9.17) is 4.98 Å². The van der Waals surface area contributed by atoms with Gasteiger partial charge in [-0.3, -0.25) is 0 Å². The average Bonchev–Trinajstić information content (AvgIpc) is 2.73. The molecule has 1 heterocycles. The highest BCUT2D eigenvalue weighted by Gasteiger charge is 2.20. The Balaban J connectivity index is 1.70. The molecule has 0 saturated carbocycles. The highest BCUT2D eigenvalue weighted by atomic mass is 32.2. The maximum atomic E-state index is 13.0. The predicted molar refractivity (Wildman–Crippen MR) is 115 cm³/mol. The van der Waals surface area contributed by atoms with Gasteiger partial charge < -0.3 is 0 Å². The lowest BCUT2D eigenvalue weighted by molar-refractivity contribution is 0.594. The maximum Gasteiger partial charge on any atom is 0.184 e. The Hall–Kier alpha value is -3.05. The van der Waals surface area contributed by atoms with E-state index < -0.39 is 9.84 Å². The van der Waals surface area contributed by atoms with Crippen LogP contribution in [0.2, 0.25) is 0 Å². The molecule has 4 rings (SSSR count). The molecule has 3 aromatic carbocycles. The fourth-order valence-corrected chi connectivity index (χ4v) is 4.61. The summed E-state index contributed by atoms with van der Waals surface area (Å²) in [6.07, 6.45) is 1.42. The molecule has 0 amide bonds. The van der Waals surface area contributed by atoms with Crippen LogP contribution in [0.15, 0.2) is 83.8 Å². The Morgan fingerprint density at radius 2 is 1.28 bits per heavy atom. The summed E-state index contributed by atoms with van der Waals surface area (Å²) in [5.41, 5.74) is 4.98. The minimum absolute atomic E-state index is 0.155. The summed E-state index contributed by atoms with van der Waals surface area (Å²) in [7, 11) is -3.51. The van der Waals surface area contributed by atoms with Gasteiger partial charge in [0, 0.05) is 0 Å². The zero-order valence-electron chi connectivity index (χ0n) is 16.2. The summed E-state index contributed by atoms with van der Waals surface area (Å²) in [5, 5.41) is 0. The van der Waals surface area contributed by atoms with E-state index in [2.05, 4.69) is 17.1 Å². The van der Waals surface area contributed by atoms with Gasteiger partial charge in [0.1, 0.15) is 0 Å².